The van der Waals surface area contributed by atoms with E-state index in [1.807, 2.05) is 25.1 Å². The largest absolute Gasteiger partial charge is 0.479 e. The van der Waals surface area contributed by atoms with Crippen molar-refractivity contribution in [1.29, 1.82) is 5.26 Å². The summed E-state index contributed by atoms with van der Waals surface area (Å²) in [6.07, 6.45) is 0. The number of nitrogens with two attached hydrogens (primary N) is 1. The van der Waals surface area contributed by atoms with E-state index in [2.05, 4.69) is 15.4 Å². The lowest BCUT2D eigenvalue weighted by atomic mass is 10.1. The molecule has 26 heavy (non-hydrogen) atoms. The summed E-state index contributed by atoms with van der Waals surface area (Å²) in [6.45, 7) is 1.89. The van der Waals surface area contributed by atoms with E-state index in [1.165, 1.54) is 0 Å². The Morgan fingerprint density at radius 1 is 1.31 bits per heavy atom. The Morgan fingerprint density at radius 3 is 2.81 bits per heavy atom. The van der Waals surface area contributed by atoms with Gasteiger partial charge in [0.1, 0.15) is 11.8 Å². The van der Waals surface area contributed by atoms with Crippen molar-refractivity contribution in [2.45, 2.75) is 6.92 Å². The van der Waals surface area contributed by atoms with Crippen LogP contribution in [0.5, 0.6) is 5.75 Å². The van der Waals surface area contributed by atoms with Gasteiger partial charge in [-0.1, -0.05) is 23.8 Å². The summed E-state index contributed by atoms with van der Waals surface area (Å²) in [4.78, 5) is 16.6. The Balaban J connectivity index is 1.79. The first-order valence-electron chi connectivity index (χ1n) is 7.77. The van der Waals surface area contributed by atoms with Crippen LogP contribution in [0.25, 0.3) is 0 Å². The number of benzene rings is 2. The van der Waals surface area contributed by atoms with Crippen molar-refractivity contribution in [1.82, 2.24) is 14.8 Å². The van der Waals surface area contributed by atoms with E-state index in [0.29, 0.717) is 17.0 Å². The van der Waals surface area contributed by atoms with Crippen LogP contribution in [0.1, 0.15) is 15.9 Å². The van der Waals surface area contributed by atoms with Gasteiger partial charge < -0.3 is 15.8 Å². The fourth-order valence-corrected chi connectivity index (χ4v) is 2.25. The summed E-state index contributed by atoms with van der Waals surface area (Å²) in [5.41, 5.74) is 7.98. The molecule has 0 unspecified atom stereocenters. The lowest BCUT2D eigenvalue weighted by Crippen LogP contribution is -2.16. The number of ether oxygens (including phenoxy) is 1. The molecule has 0 amide bonds. The van der Waals surface area contributed by atoms with Gasteiger partial charge in [0.15, 0.2) is 6.61 Å². The first kappa shape index (κ1) is 17.0. The molecule has 3 N–H and O–H groups in total. The summed E-state index contributed by atoms with van der Waals surface area (Å²) in [5, 5.41) is 15.6. The van der Waals surface area contributed by atoms with Crippen molar-refractivity contribution < 1.29 is 9.53 Å². The Hall–Kier alpha value is -3.86. The van der Waals surface area contributed by atoms with E-state index in [1.54, 1.807) is 36.4 Å². The van der Waals surface area contributed by atoms with E-state index < -0.39 is 0 Å². The maximum absolute atomic E-state index is 12.5. The van der Waals surface area contributed by atoms with Crippen LogP contribution in [0, 0.1) is 18.3 Å². The number of nitrogens with zero attached hydrogens (tertiary/aromatic N) is 4. The van der Waals surface area contributed by atoms with Gasteiger partial charge in [0.25, 0.3) is 5.91 Å². The van der Waals surface area contributed by atoms with Crippen LogP contribution in [0.15, 0.2) is 48.5 Å². The Kier molecular flexibility index (Phi) is 4.80. The Morgan fingerprint density at radius 2 is 2.08 bits per heavy atom. The molecular formula is C18H16N6O2. The number of nitrogen functional groups attached to an aromatic ring is 1. The molecule has 0 bridgehead atoms. The van der Waals surface area contributed by atoms with Crippen molar-refractivity contribution in [3.8, 4) is 11.8 Å². The first-order valence-corrected chi connectivity index (χ1v) is 7.77. The number of nitrogens with one attached hydrogen (secondary N) is 1. The maximum Gasteiger partial charge on any atom is 0.281 e. The van der Waals surface area contributed by atoms with Crippen LogP contribution >= 0.6 is 0 Å². The number of hydrogen-bond donors (Lipinski definition) is 2. The molecule has 130 valence electrons. The van der Waals surface area contributed by atoms with E-state index in [4.69, 9.17) is 15.7 Å². The van der Waals surface area contributed by atoms with Gasteiger partial charge in [0.05, 0.1) is 0 Å². The molecular weight excluding hydrogens is 332 g/mol. The van der Waals surface area contributed by atoms with E-state index in [0.717, 1.165) is 10.2 Å². The fourth-order valence-electron chi connectivity index (χ4n) is 2.25. The molecule has 0 saturated carbocycles. The van der Waals surface area contributed by atoms with Gasteiger partial charge in [0, 0.05) is 17.3 Å². The molecule has 1 heterocycles. The number of hydrogen-bond acceptors (Lipinski definition) is 7. The van der Waals surface area contributed by atoms with Crippen molar-refractivity contribution in [2.24, 2.45) is 0 Å². The van der Waals surface area contributed by atoms with Crippen LogP contribution in [0.3, 0.4) is 0 Å². The lowest BCUT2D eigenvalue weighted by Gasteiger charge is -2.05. The van der Waals surface area contributed by atoms with Crippen LogP contribution in [-0.2, 0) is 0 Å². The summed E-state index contributed by atoms with van der Waals surface area (Å²) in [6, 6.07) is 16.0. The number of aryl methyl sites for hydroxylation is 1. The van der Waals surface area contributed by atoms with Gasteiger partial charge in [0.2, 0.25) is 11.9 Å². The monoisotopic (exact) mass is 348 g/mol. The quantitative estimate of drug-likeness (QED) is 0.727. The second-order valence-electron chi connectivity index (χ2n) is 5.48. The average molecular weight is 348 g/mol. The predicted octanol–water partition coefficient (Wildman–Crippen LogP) is 2.50. The number of rotatable bonds is 5. The highest BCUT2D eigenvalue weighted by Gasteiger charge is 2.16. The summed E-state index contributed by atoms with van der Waals surface area (Å²) < 4.78 is 6.29. The third-order valence-electron chi connectivity index (χ3n) is 3.52. The summed E-state index contributed by atoms with van der Waals surface area (Å²) >= 11 is 0. The highest BCUT2D eigenvalue weighted by atomic mass is 16.5. The minimum Gasteiger partial charge on any atom is -0.479 e. The molecule has 1 aromatic heterocycles. The molecule has 3 rings (SSSR count). The van der Waals surface area contributed by atoms with Gasteiger partial charge in [-0.05, 0) is 31.2 Å². The Labute approximate surface area is 149 Å². The van der Waals surface area contributed by atoms with Crippen LogP contribution in [0.2, 0.25) is 0 Å². The molecule has 0 fully saturated rings. The van der Waals surface area contributed by atoms with Gasteiger partial charge in [-0.3, -0.25) is 4.79 Å². The molecule has 8 nitrogen and oxygen atoms in total. The Bertz CT molecular complexity index is 972. The predicted molar refractivity (Wildman–Crippen MR) is 96.2 cm³/mol. The molecule has 8 heteroatoms. The molecule has 3 aromatic rings. The van der Waals surface area contributed by atoms with E-state index >= 15 is 0 Å². The summed E-state index contributed by atoms with van der Waals surface area (Å²) in [5.74, 6) is 0.323. The number of nitriles is 1. The standard InChI is InChI=1S/C18H16N6O2/c1-12-5-7-13(8-6-12)16(25)24-17(20)22-18(23-24)21-14-3-2-4-15(11-14)26-10-9-19/h2-8,11H,10H2,1H3,(H3,20,21,22,23). The normalized spacial score (nSPS) is 10.2. The number of anilines is 3. The van der Waals surface area contributed by atoms with Crippen LogP contribution in [0.4, 0.5) is 17.6 Å². The van der Waals surface area contributed by atoms with E-state index in [9.17, 15) is 4.79 Å². The zero-order valence-electron chi connectivity index (χ0n) is 14.0. The van der Waals surface area contributed by atoms with Gasteiger partial charge in [-0.25, -0.2) is 0 Å². The first-order chi connectivity index (χ1) is 12.6. The molecule has 0 radical (unpaired) electrons. The molecule has 0 aliphatic carbocycles. The van der Waals surface area contributed by atoms with Crippen LogP contribution in [-0.4, -0.2) is 27.3 Å². The second-order valence-corrected chi connectivity index (χ2v) is 5.48. The zero-order chi connectivity index (χ0) is 18.5. The minimum atomic E-state index is -0.367. The number of carbonyl (C=O) groups excluding carboxylic acids is 1. The number of carbonyl (C=O) groups is 1. The molecule has 0 spiro atoms. The third-order valence-corrected chi connectivity index (χ3v) is 3.52. The van der Waals surface area contributed by atoms with E-state index in [-0.39, 0.29) is 24.4 Å². The highest BCUT2D eigenvalue weighted by Crippen LogP contribution is 2.20. The molecule has 2 aromatic carbocycles. The second kappa shape index (κ2) is 7.36. The van der Waals surface area contributed by atoms with Crippen molar-refractivity contribution in [3.05, 3.63) is 59.7 Å². The minimum absolute atomic E-state index is 0.0186. The summed E-state index contributed by atoms with van der Waals surface area (Å²) in [7, 11) is 0. The molecule has 0 atom stereocenters. The maximum atomic E-state index is 12.5. The van der Waals surface area contributed by atoms with Crippen LogP contribution < -0.4 is 15.8 Å². The van der Waals surface area contributed by atoms with Crippen molar-refractivity contribution >= 4 is 23.5 Å². The zero-order valence-corrected chi connectivity index (χ0v) is 14.0. The van der Waals surface area contributed by atoms with Crippen molar-refractivity contribution in [2.75, 3.05) is 17.7 Å². The molecule has 0 saturated heterocycles. The molecule has 0 aliphatic rings. The van der Waals surface area contributed by atoms with Gasteiger partial charge in [-0.15, -0.1) is 5.10 Å². The SMILES string of the molecule is Cc1ccc(C(=O)n2nc(Nc3cccc(OCC#N)c3)nc2N)cc1. The van der Waals surface area contributed by atoms with Gasteiger partial charge in [-0.2, -0.15) is 14.9 Å². The lowest BCUT2D eigenvalue weighted by molar-refractivity contribution is 0.0948. The smallest absolute Gasteiger partial charge is 0.281 e. The average Bonchev–Trinajstić information content (AvgIpc) is 3.00. The number of aromatic nitrogens is 3. The van der Waals surface area contributed by atoms with Crippen molar-refractivity contribution in [3.63, 3.8) is 0 Å². The van der Waals surface area contributed by atoms with Gasteiger partial charge >= 0.3 is 0 Å². The fraction of sp³-hybridized carbons (Fsp3) is 0.111. The molecule has 0 aliphatic heterocycles. The highest BCUT2D eigenvalue weighted by molar-refractivity contribution is 5.96. The third kappa shape index (κ3) is 3.79. The topological polar surface area (TPSA) is 119 Å².